The van der Waals surface area contributed by atoms with Gasteiger partial charge in [-0.15, -0.1) is 0 Å². The molecule has 1 saturated heterocycles. The van der Waals surface area contributed by atoms with Crippen molar-refractivity contribution in [3.63, 3.8) is 0 Å². The van der Waals surface area contributed by atoms with E-state index in [1.165, 1.54) is 12.1 Å². The predicted octanol–water partition coefficient (Wildman–Crippen LogP) is 3.23. The lowest BCUT2D eigenvalue weighted by atomic mass is 10.1. The summed E-state index contributed by atoms with van der Waals surface area (Å²) < 4.78 is 43.6. The van der Waals surface area contributed by atoms with Crippen molar-refractivity contribution in [1.29, 1.82) is 0 Å². The van der Waals surface area contributed by atoms with Gasteiger partial charge in [-0.25, -0.2) is 0 Å². The zero-order chi connectivity index (χ0) is 22.7. The number of nitrogens with zero attached hydrogens (tertiary/aromatic N) is 2. The molecule has 2 aliphatic heterocycles. The predicted molar refractivity (Wildman–Crippen MR) is 116 cm³/mol. The summed E-state index contributed by atoms with van der Waals surface area (Å²) in [5, 5.41) is 13.1. The molecule has 0 spiro atoms. The maximum atomic E-state index is 12.7. The summed E-state index contributed by atoms with van der Waals surface area (Å²) in [5.41, 5.74) is 1.60. The number of benzene rings is 2. The highest BCUT2D eigenvalue weighted by Gasteiger charge is 2.30. The molecule has 0 bridgehead atoms. The third kappa shape index (κ3) is 5.41. The van der Waals surface area contributed by atoms with Crippen LogP contribution < -0.4 is 15.0 Å². The lowest BCUT2D eigenvalue weighted by molar-refractivity contribution is -0.137. The van der Waals surface area contributed by atoms with Gasteiger partial charge in [0.2, 0.25) is 0 Å². The first kappa shape index (κ1) is 22.2. The van der Waals surface area contributed by atoms with Gasteiger partial charge in [0.1, 0.15) is 5.75 Å². The number of hydrogen-bond donors (Lipinski definition) is 2. The first-order chi connectivity index (χ1) is 15.3. The Labute approximate surface area is 183 Å². The van der Waals surface area contributed by atoms with Gasteiger partial charge in [-0.05, 0) is 42.0 Å². The number of rotatable bonds is 5. The Hall–Kier alpha value is -3.04. The van der Waals surface area contributed by atoms with E-state index in [-0.39, 0.29) is 12.5 Å². The Morgan fingerprint density at radius 1 is 1.09 bits per heavy atom. The molecule has 4 rings (SSSR count). The third-order valence-electron chi connectivity index (χ3n) is 5.53. The summed E-state index contributed by atoms with van der Waals surface area (Å²) in [6, 6.07) is 10.6. The summed E-state index contributed by atoms with van der Waals surface area (Å²) in [4.78, 5) is 15.5. The molecule has 2 aliphatic rings. The largest absolute Gasteiger partial charge is 0.482 e. The van der Waals surface area contributed by atoms with E-state index in [1.807, 2.05) is 17.0 Å². The minimum absolute atomic E-state index is 0.0127. The standard InChI is InChI=1S/C23H24F3N3O3/c24-23(25,26)17-3-5-18(6-4-17)29-11-9-28(10-12-29)14-19(30)7-1-16-2-8-20-21(13-16)32-15-22(31)27-20/h1-8,13,19,30H,9-12,14-15H2,(H,27,31)/b7-1+. The fraction of sp³-hybridized carbons (Fsp3) is 0.348. The van der Waals surface area contributed by atoms with E-state index in [4.69, 9.17) is 4.74 Å². The first-order valence-corrected chi connectivity index (χ1v) is 10.4. The minimum Gasteiger partial charge on any atom is -0.482 e. The van der Waals surface area contributed by atoms with Crippen molar-refractivity contribution in [3.05, 3.63) is 59.7 Å². The number of alkyl halides is 3. The van der Waals surface area contributed by atoms with E-state index < -0.39 is 17.8 Å². The molecule has 0 saturated carbocycles. The maximum absolute atomic E-state index is 12.7. The van der Waals surface area contributed by atoms with Crippen LogP contribution in [0, 0.1) is 0 Å². The SMILES string of the molecule is O=C1COc2cc(/C=C/C(O)CN3CCN(c4ccc(C(F)(F)F)cc4)CC3)ccc2N1. The van der Waals surface area contributed by atoms with Gasteiger partial charge in [0.15, 0.2) is 6.61 Å². The van der Waals surface area contributed by atoms with Gasteiger partial charge in [0.25, 0.3) is 5.91 Å². The van der Waals surface area contributed by atoms with Crippen molar-refractivity contribution in [2.75, 3.05) is 49.5 Å². The Kier molecular flexibility index (Phi) is 6.38. The van der Waals surface area contributed by atoms with E-state index in [2.05, 4.69) is 10.2 Å². The molecule has 0 aromatic heterocycles. The number of ether oxygens (including phenoxy) is 1. The third-order valence-corrected chi connectivity index (χ3v) is 5.53. The van der Waals surface area contributed by atoms with E-state index in [1.54, 1.807) is 18.2 Å². The summed E-state index contributed by atoms with van der Waals surface area (Å²) in [5.74, 6) is 0.412. The van der Waals surface area contributed by atoms with Gasteiger partial charge < -0.3 is 20.1 Å². The Balaban J connectivity index is 1.26. The maximum Gasteiger partial charge on any atom is 0.416 e. The Bertz CT molecular complexity index is 984. The van der Waals surface area contributed by atoms with E-state index in [0.29, 0.717) is 44.2 Å². The molecule has 1 unspecified atom stereocenters. The minimum atomic E-state index is -4.33. The van der Waals surface area contributed by atoms with Crippen molar-refractivity contribution in [2.24, 2.45) is 0 Å². The van der Waals surface area contributed by atoms with Crippen LogP contribution in [0.1, 0.15) is 11.1 Å². The van der Waals surface area contributed by atoms with Crippen LogP contribution in [0.25, 0.3) is 6.08 Å². The molecule has 170 valence electrons. The van der Waals surface area contributed by atoms with Crippen LogP contribution in [0.15, 0.2) is 48.5 Å². The molecule has 0 aliphatic carbocycles. The number of β-amino-alcohol motifs (C(OH)–C–C–N with tert-alkyl or cyclic N) is 1. The highest BCUT2D eigenvalue weighted by molar-refractivity contribution is 5.95. The van der Waals surface area contributed by atoms with E-state index in [9.17, 15) is 23.1 Å². The van der Waals surface area contributed by atoms with Crippen molar-refractivity contribution < 1.29 is 27.8 Å². The van der Waals surface area contributed by atoms with Gasteiger partial charge in [-0.2, -0.15) is 13.2 Å². The van der Waals surface area contributed by atoms with Crippen LogP contribution in [0.4, 0.5) is 24.5 Å². The lowest BCUT2D eigenvalue weighted by Gasteiger charge is -2.36. The van der Waals surface area contributed by atoms with Gasteiger partial charge in [-0.3, -0.25) is 9.69 Å². The van der Waals surface area contributed by atoms with Crippen LogP contribution in [-0.2, 0) is 11.0 Å². The van der Waals surface area contributed by atoms with Crippen molar-refractivity contribution in [2.45, 2.75) is 12.3 Å². The van der Waals surface area contributed by atoms with Crippen molar-refractivity contribution in [3.8, 4) is 5.75 Å². The molecule has 6 nitrogen and oxygen atoms in total. The molecule has 1 atom stereocenters. The summed E-state index contributed by atoms with van der Waals surface area (Å²) in [7, 11) is 0. The molecule has 2 N–H and O–H groups in total. The Morgan fingerprint density at radius 2 is 1.81 bits per heavy atom. The van der Waals surface area contributed by atoms with Gasteiger partial charge in [0, 0.05) is 38.4 Å². The molecular weight excluding hydrogens is 423 g/mol. The molecule has 1 amide bonds. The van der Waals surface area contributed by atoms with E-state index >= 15 is 0 Å². The number of aliphatic hydroxyl groups is 1. The topological polar surface area (TPSA) is 65.0 Å². The monoisotopic (exact) mass is 447 g/mol. The van der Waals surface area contributed by atoms with Gasteiger partial charge in [0.05, 0.1) is 17.4 Å². The first-order valence-electron chi connectivity index (χ1n) is 10.4. The fourth-order valence-electron chi connectivity index (χ4n) is 3.79. The quantitative estimate of drug-likeness (QED) is 0.737. The number of fused-ring (bicyclic) bond motifs is 1. The summed E-state index contributed by atoms with van der Waals surface area (Å²) in [6.07, 6.45) is -1.47. The number of aliphatic hydroxyl groups excluding tert-OH is 1. The van der Waals surface area contributed by atoms with Gasteiger partial charge >= 0.3 is 6.18 Å². The molecule has 32 heavy (non-hydrogen) atoms. The molecule has 2 heterocycles. The van der Waals surface area contributed by atoms with Crippen molar-refractivity contribution in [1.82, 2.24) is 4.90 Å². The number of anilines is 2. The molecule has 9 heteroatoms. The van der Waals surface area contributed by atoms with Gasteiger partial charge in [-0.1, -0.05) is 18.2 Å². The normalized spacial score (nSPS) is 18.2. The average molecular weight is 447 g/mol. The highest BCUT2D eigenvalue weighted by Crippen LogP contribution is 2.31. The molecular formula is C23H24F3N3O3. The average Bonchev–Trinajstić information content (AvgIpc) is 2.78. The molecule has 2 aromatic rings. The smallest absolute Gasteiger partial charge is 0.416 e. The molecule has 2 aromatic carbocycles. The number of amides is 1. The number of carbonyl (C=O) groups is 1. The second-order valence-electron chi connectivity index (χ2n) is 7.85. The number of nitrogens with one attached hydrogen (secondary N) is 1. The fourth-order valence-corrected chi connectivity index (χ4v) is 3.79. The number of hydrogen-bond acceptors (Lipinski definition) is 5. The second kappa shape index (κ2) is 9.22. The lowest BCUT2D eigenvalue weighted by Crippen LogP contribution is -2.48. The highest BCUT2D eigenvalue weighted by atomic mass is 19.4. The van der Waals surface area contributed by atoms with E-state index in [0.717, 1.165) is 23.4 Å². The zero-order valence-corrected chi connectivity index (χ0v) is 17.3. The Morgan fingerprint density at radius 3 is 2.50 bits per heavy atom. The molecule has 0 radical (unpaired) electrons. The number of piperazine rings is 1. The second-order valence-corrected chi connectivity index (χ2v) is 7.85. The van der Waals surface area contributed by atoms with Crippen LogP contribution in [0.2, 0.25) is 0 Å². The number of carbonyl (C=O) groups excluding carboxylic acids is 1. The van der Waals surface area contributed by atoms with Crippen LogP contribution in [0.3, 0.4) is 0 Å². The van der Waals surface area contributed by atoms with Crippen LogP contribution >= 0.6 is 0 Å². The van der Waals surface area contributed by atoms with Crippen LogP contribution in [0.5, 0.6) is 5.75 Å². The van der Waals surface area contributed by atoms with Crippen LogP contribution in [-0.4, -0.2) is 61.3 Å². The molecule has 1 fully saturated rings. The summed E-state index contributed by atoms with van der Waals surface area (Å²) >= 11 is 0. The summed E-state index contributed by atoms with van der Waals surface area (Å²) in [6.45, 7) is 3.22. The zero-order valence-electron chi connectivity index (χ0n) is 17.3. The number of halogens is 3. The van der Waals surface area contributed by atoms with Crippen molar-refractivity contribution >= 4 is 23.4 Å².